The summed E-state index contributed by atoms with van der Waals surface area (Å²) in [5.41, 5.74) is 3.26. The Morgan fingerprint density at radius 3 is 2.59 bits per heavy atom. The maximum Gasteiger partial charge on any atom is 0.179 e. The van der Waals surface area contributed by atoms with Crippen LogP contribution in [0.3, 0.4) is 0 Å². The van der Waals surface area contributed by atoms with Crippen LogP contribution >= 0.6 is 11.6 Å². The molecule has 0 fully saturated rings. The van der Waals surface area contributed by atoms with Gasteiger partial charge in [0.1, 0.15) is 0 Å². The summed E-state index contributed by atoms with van der Waals surface area (Å²) in [6.07, 6.45) is 1.87. The van der Waals surface area contributed by atoms with Gasteiger partial charge in [-0.2, -0.15) is 0 Å². The van der Waals surface area contributed by atoms with Crippen molar-refractivity contribution in [3.63, 3.8) is 0 Å². The summed E-state index contributed by atoms with van der Waals surface area (Å²) in [6.45, 7) is 6.47. The Kier molecular flexibility index (Phi) is 5.69. The summed E-state index contributed by atoms with van der Waals surface area (Å²) in [4.78, 5) is 4.29. The number of aromatic nitrogens is 2. The molecule has 2 aromatic rings. The predicted octanol–water partition coefficient (Wildman–Crippen LogP) is 2.96. The molecular weight excluding hydrogens is 302 g/mol. The molecule has 0 radical (unpaired) electrons. The number of benzene rings is 1. The first kappa shape index (κ1) is 16.6. The summed E-state index contributed by atoms with van der Waals surface area (Å²) < 4.78 is 12.7. The summed E-state index contributed by atoms with van der Waals surface area (Å²) in [5.74, 6) is 1.21. The van der Waals surface area contributed by atoms with Gasteiger partial charge in [0, 0.05) is 25.3 Å². The smallest absolute Gasteiger partial charge is 0.179 e. The first-order chi connectivity index (χ1) is 10.6. The highest BCUT2D eigenvalue weighted by Gasteiger charge is 2.12. The monoisotopic (exact) mass is 323 g/mol. The third kappa shape index (κ3) is 3.54. The highest BCUT2D eigenvalue weighted by Crippen LogP contribution is 2.37. The fourth-order valence-electron chi connectivity index (χ4n) is 2.26. The van der Waals surface area contributed by atoms with Crippen molar-refractivity contribution >= 4 is 11.6 Å². The lowest BCUT2D eigenvalue weighted by Crippen LogP contribution is -2.20. The molecule has 22 heavy (non-hydrogen) atoms. The van der Waals surface area contributed by atoms with E-state index in [9.17, 15) is 0 Å². The quantitative estimate of drug-likeness (QED) is 0.796. The van der Waals surface area contributed by atoms with Crippen molar-refractivity contribution in [3.8, 4) is 11.5 Å². The van der Waals surface area contributed by atoms with Crippen LogP contribution in [-0.4, -0.2) is 30.3 Å². The fourth-order valence-corrected chi connectivity index (χ4v) is 2.56. The molecule has 0 saturated carbocycles. The van der Waals surface area contributed by atoms with E-state index < -0.39 is 0 Å². The van der Waals surface area contributed by atoms with E-state index >= 15 is 0 Å². The minimum Gasteiger partial charge on any atom is -0.493 e. The zero-order valence-electron chi connectivity index (χ0n) is 13.4. The Labute approximate surface area is 136 Å². The van der Waals surface area contributed by atoms with Gasteiger partial charge in [-0.3, -0.25) is 0 Å². The number of hydrogen-bond acceptors (Lipinski definition) is 4. The van der Waals surface area contributed by atoms with Crippen molar-refractivity contribution in [2.45, 2.75) is 26.9 Å². The van der Waals surface area contributed by atoms with Crippen LogP contribution in [0.15, 0.2) is 18.5 Å². The standard InChI is InChI=1S/C16H22ClN3O2/c1-11-12(2)20(10-19-11)8-7-18-9-13-5-6-14(21-3)16(22-4)15(13)17/h5-6,10,18H,7-9H2,1-4H3. The van der Waals surface area contributed by atoms with Crippen molar-refractivity contribution in [1.82, 2.24) is 14.9 Å². The lowest BCUT2D eigenvalue weighted by Gasteiger charge is -2.13. The second-order valence-corrected chi connectivity index (χ2v) is 5.44. The van der Waals surface area contributed by atoms with Gasteiger partial charge in [-0.05, 0) is 25.5 Å². The van der Waals surface area contributed by atoms with Crippen molar-refractivity contribution < 1.29 is 9.47 Å². The number of hydrogen-bond donors (Lipinski definition) is 1. The Balaban J connectivity index is 1.93. The van der Waals surface area contributed by atoms with Gasteiger partial charge in [-0.15, -0.1) is 0 Å². The first-order valence-corrected chi connectivity index (χ1v) is 7.54. The number of halogens is 1. The molecule has 6 heteroatoms. The SMILES string of the molecule is COc1ccc(CNCCn2cnc(C)c2C)c(Cl)c1OC. The zero-order chi connectivity index (χ0) is 16.1. The van der Waals surface area contributed by atoms with Crippen LogP contribution in [0.25, 0.3) is 0 Å². The first-order valence-electron chi connectivity index (χ1n) is 7.16. The summed E-state index contributed by atoms with van der Waals surface area (Å²) >= 11 is 6.36. The molecule has 5 nitrogen and oxygen atoms in total. The average molecular weight is 324 g/mol. The molecule has 0 saturated heterocycles. The molecule has 1 aromatic carbocycles. The topological polar surface area (TPSA) is 48.3 Å². The van der Waals surface area contributed by atoms with E-state index in [1.54, 1.807) is 14.2 Å². The van der Waals surface area contributed by atoms with Gasteiger partial charge in [-0.1, -0.05) is 17.7 Å². The van der Waals surface area contributed by atoms with Gasteiger partial charge in [0.15, 0.2) is 11.5 Å². The van der Waals surface area contributed by atoms with Gasteiger partial charge in [-0.25, -0.2) is 4.98 Å². The molecule has 1 heterocycles. The van der Waals surface area contributed by atoms with Gasteiger partial charge in [0.05, 0.1) is 31.3 Å². The normalized spacial score (nSPS) is 10.8. The molecule has 0 unspecified atom stereocenters. The van der Waals surface area contributed by atoms with Crippen molar-refractivity contribution in [1.29, 1.82) is 0 Å². The zero-order valence-corrected chi connectivity index (χ0v) is 14.2. The van der Waals surface area contributed by atoms with Crippen LogP contribution in [0, 0.1) is 13.8 Å². The maximum atomic E-state index is 6.36. The number of aryl methyl sites for hydroxylation is 1. The molecule has 0 aliphatic carbocycles. The Morgan fingerprint density at radius 1 is 1.23 bits per heavy atom. The Bertz CT molecular complexity index is 641. The molecule has 1 aromatic heterocycles. The van der Waals surface area contributed by atoms with Gasteiger partial charge < -0.3 is 19.4 Å². The average Bonchev–Trinajstić information content (AvgIpc) is 2.84. The third-order valence-electron chi connectivity index (χ3n) is 3.76. The molecule has 0 aliphatic rings. The summed E-state index contributed by atoms with van der Waals surface area (Å²) in [5, 5.41) is 3.97. The maximum absolute atomic E-state index is 6.36. The number of methoxy groups -OCH3 is 2. The van der Waals surface area contributed by atoms with Gasteiger partial charge in [0.25, 0.3) is 0 Å². The van der Waals surface area contributed by atoms with E-state index in [-0.39, 0.29) is 0 Å². The highest BCUT2D eigenvalue weighted by molar-refractivity contribution is 6.33. The molecule has 0 spiro atoms. The Morgan fingerprint density at radius 2 is 2.00 bits per heavy atom. The van der Waals surface area contributed by atoms with E-state index in [0.717, 1.165) is 24.3 Å². The Hall–Kier alpha value is -1.72. The summed E-state index contributed by atoms with van der Waals surface area (Å²) in [7, 11) is 3.19. The fraction of sp³-hybridized carbons (Fsp3) is 0.438. The molecule has 0 bridgehead atoms. The van der Waals surface area contributed by atoms with Crippen LogP contribution in [0.5, 0.6) is 11.5 Å². The van der Waals surface area contributed by atoms with Gasteiger partial charge >= 0.3 is 0 Å². The molecule has 0 aliphatic heterocycles. The van der Waals surface area contributed by atoms with Crippen LogP contribution in [0.4, 0.5) is 0 Å². The number of rotatable bonds is 7. The molecule has 120 valence electrons. The minimum absolute atomic E-state index is 0.574. The van der Waals surface area contributed by atoms with E-state index in [1.807, 2.05) is 25.4 Å². The van der Waals surface area contributed by atoms with Crippen LogP contribution in [0.1, 0.15) is 17.0 Å². The molecular formula is C16H22ClN3O2. The lowest BCUT2D eigenvalue weighted by atomic mass is 10.2. The molecule has 2 rings (SSSR count). The van der Waals surface area contributed by atoms with Crippen molar-refractivity contribution in [2.24, 2.45) is 0 Å². The van der Waals surface area contributed by atoms with Crippen molar-refractivity contribution in [2.75, 3.05) is 20.8 Å². The number of nitrogens with one attached hydrogen (secondary N) is 1. The van der Waals surface area contributed by atoms with Crippen LogP contribution < -0.4 is 14.8 Å². The van der Waals surface area contributed by atoms with Crippen LogP contribution in [0.2, 0.25) is 5.02 Å². The van der Waals surface area contributed by atoms with E-state index in [1.165, 1.54) is 5.69 Å². The van der Waals surface area contributed by atoms with E-state index in [0.29, 0.717) is 23.1 Å². The van der Waals surface area contributed by atoms with E-state index in [4.69, 9.17) is 21.1 Å². The molecule has 0 amide bonds. The van der Waals surface area contributed by atoms with Crippen molar-refractivity contribution in [3.05, 3.63) is 40.4 Å². The number of ether oxygens (including phenoxy) is 2. The van der Waals surface area contributed by atoms with Gasteiger partial charge in [0.2, 0.25) is 0 Å². The highest BCUT2D eigenvalue weighted by atomic mass is 35.5. The van der Waals surface area contributed by atoms with Crippen LogP contribution in [-0.2, 0) is 13.1 Å². The second-order valence-electron chi connectivity index (χ2n) is 5.06. The lowest BCUT2D eigenvalue weighted by molar-refractivity contribution is 0.354. The molecule has 0 atom stereocenters. The predicted molar refractivity (Wildman–Crippen MR) is 88.0 cm³/mol. The third-order valence-corrected chi connectivity index (χ3v) is 4.17. The molecule has 1 N–H and O–H groups in total. The number of nitrogens with zero attached hydrogens (tertiary/aromatic N) is 2. The number of imidazole rings is 1. The van der Waals surface area contributed by atoms with E-state index in [2.05, 4.69) is 21.8 Å². The second kappa shape index (κ2) is 7.51. The minimum atomic E-state index is 0.574. The summed E-state index contributed by atoms with van der Waals surface area (Å²) in [6, 6.07) is 3.81. The largest absolute Gasteiger partial charge is 0.493 e.